The Morgan fingerprint density at radius 1 is 1.17 bits per heavy atom. The first kappa shape index (κ1) is 12.9. The van der Waals surface area contributed by atoms with Crippen LogP contribution >= 0.6 is 11.6 Å². The lowest BCUT2D eigenvalue weighted by molar-refractivity contribution is 0.452. The van der Waals surface area contributed by atoms with Crippen LogP contribution in [-0.2, 0) is 0 Å². The first-order chi connectivity index (χ1) is 8.70. The van der Waals surface area contributed by atoms with Crippen molar-refractivity contribution in [1.29, 1.82) is 0 Å². The Morgan fingerprint density at radius 2 is 1.94 bits per heavy atom. The third-order valence-corrected chi connectivity index (χ3v) is 3.18. The molecule has 0 saturated heterocycles. The lowest BCUT2D eigenvalue weighted by atomic mass is 9.98. The number of ether oxygens (including phenoxy) is 1. The molecule has 0 spiro atoms. The Bertz CT molecular complexity index is 527. The Labute approximate surface area is 113 Å². The lowest BCUT2D eigenvalue weighted by Crippen LogP contribution is -1.96. The summed E-state index contributed by atoms with van der Waals surface area (Å²) in [7, 11) is 0. The zero-order valence-electron chi connectivity index (χ0n) is 10.6. The number of halogens is 1. The maximum Gasteiger partial charge on any atom is 0.220 e. The average molecular weight is 262 g/mol. The van der Waals surface area contributed by atoms with Crippen molar-refractivity contribution in [1.82, 2.24) is 4.98 Å². The van der Waals surface area contributed by atoms with Gasteiger partial charge in [0.05, 0.1) is 0 Å². The standard InChI is InChI=1S/C15H16ClNO/c1-3-11(2)12-7-4-5-8-13(12)18-15-10-6-9-14(16)17-15/h4-11H,3H2,1-2H3. The van der Waals surface area contributed by atoms with Gasteiger partial charge < -0.3 is 4.74 Å². The van der Waals surface area contributed by atoms with Crippen LogP contribution in [0.15, 0.2) is 42.5 Å². The molecule has 0 aliphatic heterocycles. The van der Waals surface area contributed by atoms with E-state index in [1.54, 1.807) is 12.1 Å². The van der Waals surface area contributed by atoms with Crippen LogP contribution in [0.2, 0.25) is 5.15 Å². The van der Waals surface area contributed by atoms with Crippen LogP contribution in [0, 0.1) is 0 Å². The molecular formula is C15H16ClNO. The molecular weight excluding hydrogens is 246 g/mol. The summed E-state index contributed by atoms with van der Waals surface area (Å²) in [5.74, 6) is 1.83. The van der Waals surface area contributed by atoms with E-state index in [1.807, 2.05) is 24.3 Å². The van der Waals surface area contributed by atoms with Crippen molar-refractivity contribution in [2.24, 2.45) is 0 Å². The van der Waals surface area contributed by atoms with Gasteiger partial charge in [-0.05, 0) is 30.0 Å². The Balaban J connectivity index is 2.29. The molecule has 0 aliphatic rings. The molecule has 0 radical (unpaired) electrons. The van der Waals surface area contributed by atoms with Gasteiger partial charge in [0.2, 0.25) is 5.88 Å². The Morgan fingerprint density at radius 3 is 2.67 bits per heavy atom. The summed E-state index contributed by atoms with van der Waals surface area (Å²) in [6.07, 6.45) is 1.07. The normalized spacial score (nSPS) is 12.2. The quantitative estimate of drug-likeness (QED) is 0.719. The molecule has 1 aromatic carbocycles. The van der Waals surface area contributed by atoms with E-state index in [9.17, 15) is 0 Å². The van der Waals surface area contributed by atoms with Gasteiger partial charge in [0.15, 0.2) is 0 Å². The van der Waals surface area contributed by atoms with Gasteiger partial charge >= 0.3 is 0 Å². The molecule has 2 nitrogen and oxygen atoms in total. The first-order valence-corrected chi connectivity index (χ1v) is 6.48. The van der Waals surface area contributed by atoms with Crippen molar-refractivity contribution >= 4 is 11.6 Å². The van der Waals surface area contributed by atoms with Gasteiger partial charge in [-0.15, -0.1) is 0 Å². The number of aromatic nitrogens is 1. The molecule has 1 atom stereocenters. The van der Waals surface area contributed by atoms with E-state index in [0.29, 0.717) is 17.0 Å². The van der Waals surface area contributed by atoms with Gasteiger partial charge in [-0.25, -0.2) is 4.98 Å². The van der Waals surface area contributed by atoms with Crippen molar-refractivity contribution in [2.75, 3.05) is 0 Å². The molecule has 0 amide bonds. The minimum atomic E-state index is 0.438. The second-order valence-corrected chi connectivity index (χ2v) is 4.63. The molecule has 3 heteroatoms. The van der Waals surface area contributed by atoms with E-state index >= 15 is 0 Å². The minimum absolute atomic E-state index is 0.438. The number of nitrogens with zero attached hydrogens (tertiary/aromatic N) is 1. The Kier molecular flexibility index (Phi) is 4.21. The summed E-state index contributed by atoms with van der Waals surface area (Å²) in [5.41, 5.74) is 1.20. The molecule has 0 aliphatic carbocycles. The Hall–Kier alpha value is -1.54. The molecule has 2 rings (SSSR count). The summed E-state index contributed by atoms with van der Waals surface area (Å²) in [6, 6.07) is 13.4. The molecule has 2 aromatic rings. The van der Waals surface area contributed by atoms with Crippen LogP contribution in [0.3, 0.4) is 0 Å². The number of pyridine rings is 1. The summed E-state index contributed by atoms with van der Waals surface area (Å²) >= 11 is 5.85. The number of para-hydroxylation sites is 1. The molecule has 0 fully saturated rings. The van der Waals surface area contributed by atoms with Crippen molar-refractivity contribution in [3.63, 3.8) is 0 Å². The second-order valence-electron chi connectivity index (χ2n) is 4.25. The molecule has 0 bridgehead atoms. The zero-order valence-corrected chi connectivity index (χ0v) is 11.3. The summed E-state index contributed by atoms with van der Waals surface area (Å²) in [5, 5.41) is 0.438. The highest BCUT2D eigenvalue weighted by Gasteiger charge is 2.10. The predicted molar refractivity (Wildman–Crippen MR) is 74.5 cm³/mol. The number of hydrogen-bond donors (Lipinski definition) is 0. The summed E-state index contributed by atoms with van der Waals surface area (Å²) in [6.45, 7) is 4.35. The highest BCUT2D eigenvalue weighted by Crippen LogP contribution is 2.31. The van der Waals surface area contributed by atoms with Gasteiger partial charge in [-0.1, -0.05) is 49.7 Å². The molecule has 1 aromatic heterocycles. The fourth-order valence-electron chi connectivity index (χ4n) is 1.76. The van der Waals surface area contributed by atoms with Crippen LogP contribution in [0.25, 0.3) is 0 Å². The fraction of sp³-hybridized carbons (Fsp3) is 0.267. The largest absolute Gasteiger partial charge is 0.439 e. The molecule has 1 heterocycles. The monoisotopic (exact) mass is 261 g/mol. The van der Waals surface area contributed by atoms with Crippen LogP contribution in [0.5, 0.6) is 11.6 Å². The van der Waals surface area contributed by atoms with Gasteiger partial charge in [0, 0.05) is 6.07 Å². The average Bonchev–Trinajstić information content (AvgIpc) is 2.38. The van der Waals surface area contributed by atoms with Crippen molar-refractivity contribution in [2.45, 2.75) is 26.2 Å². The number of rotatable bonds is 4. The van der Waals surface area contributed by atoms with Crippen LogP contribution in [-0.4, -0.2) is 4.98 Å². The first-order valence-electron chi connectivity index (χ1n) is 6.10. The topological polar surface area (TPSA) is 22.1 Å². The zero-order chi connectivity index (χ0) is 13.0. The van der Waals surface area contributed by atoms with Crippen LogP contribution < -0.4 is 4.74 Å². The third kappa shape index (κ3) is 3.02. The molecule has 1 unspecified atom stereocenters. The maximum atomic E-state index is 5.85. The SMILES string of the molecule is CCC(C)c1ccccc1Oc1cccc(Cl)n1. The number of benzene rings is 1. The summed E-state index contributed by atoms with van der Waals surface area (Å²) < 4.78 is 5.82. The molecule has 0 saturated carbocycles. The second kappa shape index (κ2) is 5.87. The van der Waals surface area contributed by atoms with Gasteiger partial charge in [-0.3, -0.25) is 0 Å². The van der Waals surface area contributed by atoms with Crippen molar-refractivity contribution < 1.29 is 4.74 Å². The van der Waals surface area contributed by atoms with Gasteiger partial charge in [-0.2, -0.15) is 0 Å². The van der Waals surface area contributed by atoms with E-state index in [2.05, 4.69) is 24.9 Å². The minimum Gasteiger partial charge on any atom is -0.439 e. The van der Waals surface area contributed by atoms with E-state index < -0.39 is 0 Å². The van der Waals surface area contributed by atoms with E-state index in [1.165, 1.54) is 5.56 Å². The highest BCUT2D eigenvalue weighted by atomic mass is 35.5. The van der Waals surface area contributed by atoms with Crippen LogP contribution in [0.1, 0.15) is 31.7 Å². The highest BCUT2D eigenvalue weighted by molar-refractivity contribution is 6.29. The fourth-order valence-corrected chi connectivity index (χ4v) is 1.92. The lowest BCUT2D eigenvalue weighted by Gasteiger charge is -2.14. The van der Waals surface area contributed by atoms with Gasteiger partial charge in [0.25, 0.3) is 0 Å². The smallest absolute Gasteiger partial charge is 0.220 e. The predicted octanol–water partition coefficient (Wildman–Crippen LogP) is 5.04. The van der Waals surface area contributed by atoms with Crippen molar-refractivity contribution in [3.05, 3.63) is 53.2 Å². The van der Waals surface area contributed by atoms with Crippen LogP contribution in [0.4, 0.5) is 0 Å². The summed E-state index contributed by atoms with van der Waals surface area (Å²) in [4.78, 5) is 4.14. The van der Waals surface area contributed by atoms with E-state index in [0.717, 1.165) is 12.2 Å². The molecule has 0 N–H and O–H groups in total. The molecule has 18 heavy (non-hydrogen) atoms. The van der Waals surface area contributed by atoms with Gasteiger partial charge in [0.1, 0.15) is 10.9 Å². The molecule has 94 valence electrons. The number of hydrogen-bond acceptors (Lipinski definition) is 2. The maximum absolute atomic E-state index is 5.85. The van der Waals surface area contributed by atoms with E-state index in [4.69, 9.17) is 16.3 Å². The third-order valence-electron chi connectivity index (χ3n) is 2.97. The van der Waals surface area contributed by atoms with E-state index in [-0.39, 0.29) is 0 Å². The van der Waals surface area contributed by atoms with Crippen molar-refractivity contribution in [3.8, 4) is 11.6 Å².